The van der Waals surface area contributed by atoms with Crippen LogP contribution in [0.4, 0.5) is 13.2 Å². The Balaban J connectivity index is 1.67. The molecular formula is C22H22F3N5O2. The van der Waals surface area contributed by atoms with E-state index in [0.717, 1.165) is 12.3 Å². The standard InChI is InChI=1S/C22H22F3N5O2/c1-14(2)19-17(13-29-30(19)18-9-8-16(12-28-18)22(23,24)25)21(32)27-11-10-26-20(31)15-6-4-3-5-7-15/h3-9,12-14H,10-11H2,1-2H3,(H,26,31)(H,27,32). The summed E-state index contributed by atoms with van der Waals surface area (Å²) in [6.07, 6.45) is -2.40. The van der Waals surface area contributed by atoms with Crippen molar-refractivity contribution in [3.8, 4) is 5.82 Å². The molecule has 3 aromatic rings. The first-order valence-electron chi connectivity index (χ1n) is 9.91. The number of carbonyl (C=O) groups is 2. The summed E-state index contributed by atoms with van der Waals surface area (Å²) in [4.78, 5) is 28.6. The Morgan fingerprint density at radius 2 is 1.62 bits per heavy atom. The molecule has 2 heterocycles. The molecule has 168 valence electrons. The number of hydrogen-bond donors (Lipinski definition) is 2. The molecule has 7 nitrogen and oxygen atoms in total. The van der Waals surface area contributed by atoms with E-state index >= 15 is 0 Å². The third kappa shape index (κ3) is 5.32. The highest BCUT2D eigenvalue weighted by Crippen LogP contribution is 2.29. The minimum atomic E-state index is -4.49. The smallest absolute Gasteiger partial charge is 0.350 e. The van der Waals surface area contributed by atoms with Crippen LogP contribution in [0, 0.1) is 0 Å². The molecule has 3 rings (SSSR count). The van der Waals surface area contributed by atoms with E-state index in [2.05, 4.69) is 20.7 Å². The lowest BCUT2D eigenvalue weighted by Gasteiger charge is -2.13. The van der Waals surface area contributed by atoms with Gasteiger partial charge in [-0.3, -0.25) is 9.59 Å². The number of aromatic nitrogens is 3. The van der Waals surface area contributed by atoms with Crippen molar-refractivity contribution in [2.24, 2.45) is 0 Å². The van der Waals surface area contributed by atoms with Gasteiger partial charge < -0.3 is 10.6 Å². The molecule has 10 heteroatoms. The Morgan fingerprint density at radius 1 is 0.969 bits per heavy atom. The number of amides is 2. The van der Waals surface area contributed by atoms with Gasteiger partial charge in [0.05, 0.1) is 23.0 Å². The molecule has 1 aromatic carbocycles. The fourth-order valence-electron chi connectivity index (χ4n) is 3.09. The molecule has 0 atom stereocenters. The molecule has 0 saturated heterocycles. The maximum atomic E-state index is 12.8. The zero-order valence-corrected chi connectivity index (χ0v) is 17.5. The predicted octanol–water partition coefficient (Wildman–Crippen LogP) is 3.57. The van der Waals surface area contributed by atoms with Crippen LogP contribution in [-0.2, 0) is 6.18 Å². The van der Waals surface area contributed by atoms with Gasteiger partial charge in [0.25, 0.3) is 11.8 Å². The molecule has 0 aliphatic heterocycles. The van der Waals surface area contributed by atoms with Gasteiger partial charge in [-0.05, 0) is 30.2 Å². The Kier molecular flexibility index (Phi) is 6.92. The maximum Gasteiger partial charge on any atom is 0.417 e. The van der Waals surface area contributed by atoms with E-state index in [1.54, 1.807) is 24.3 Å². The number of hydrogen-bond acceptors (Lipinski definition) is 4. The molecule has 0 radical (unpaired) electrons. The zero-order valence-electron chi connectivity index (χ0n) is 17.5. The summed E-state index contributed by atoms with van der Waals surface area (Å²) >= 11 is 0. The number of nitrogens with one attached hydrogen (secondary N) is 2. The Morgan fingerprint density at radius 3 is 2.19 bits per heavy atom. The summed E-state index contributed by atoms with van der Waals surface area (Å²) in [5, 5.41) is 9.59. The van der Waals surface area contributed by atoms with Gasteiger partial charge in [-0.15, -0.1) is 0 Å². The lowest BCUT2D eigenvalue weighted by atomic mass is 10.1. The lowest BCUT2D eigenvalue weighted by Crippen LogP contribution is -2.35. The van der Waals surface area contributed by atoms with Crippen molar-refractivity contribution >= 4 is 11.8 Å². The minimum absolute atomic E-state index is 0.153. The summed E-state index contributed by atoms with van der Waals surface area (Å²) in [5.41, 5.74) is 0.459. The summed E-state index contributed by atoms with van der Waals surface area (Å²) in [5.74, 6) is -0.624. The first kappa shape index (κ1) is 23.0. The van der Waals surface area contributed by atoms with Crippen LogP contribution in [0.5, 0.6) is 0 Å². The molecule has 0 aliphatic carbocycles. The zero-order chi connectivity index (χ0) is 23.3. The van der Waals surface area contributed by atoms with Gasteiger partial charge in [0, 0.05) is 24.8 Å². The normalized spacial score (nSPS) is 11.4. The number of rotatable bonds is 7. The van der Waals surface area contributed by atoms with Crippen LogP contribution < -0.4 is 10.6 Å². The Hall–Kier alpha value is -3.69. The molecule has 0 fully saturated rings. The highest BCUT2D eigenvalue weighted by molar-refractivity contribution is 5.96. The first-order chi connectivity index (χ1) is 15.2. The van der Waals surface area contributed by atoms with Crippen molar-refractivity contribution in [3.63, 3.8) is 0 Å². The van der Waals surface area contributed by atoms with Crippen molar-refractivity contribution in [1.29, 1.82) is 0 Å². The maximum absolute atomic E-state index is 12.8. The average Bonchev–Trinajstić information content (AvgIpc) is 3.22. The average molecular weight is 445 g/mol. The predicted molar refractivity (Wildman–Crippen MR) is 112 cm³/mol. The van der Waals surface area contributed by atoms with Gasteiger partial charge in [-0.2, -0.15) is 18.3 Å². The lowest BCUT2D eigenvalue weighted by molar-refractivity contribution is -0.137. The van der Waals surface area contributed by atoms with Gasteiger partial charge in [-0.1, -0.05) is 32.0 Å². The van der Waals surface area contributed by atoms with E-state index in [4.69, 9.17) is 0 Å². The number of pyridine rings is 1. The molecule has 0 aliphatic rings. The number of halogens is 3. The van der Waals surface area contributed by atoms with Gasteiger partial charge in [-0.25, -0.2) is 9.67 Å². The molecule has 0 unspecified atom stereocenters. The van der Waals surface area contributed by atoms with Gasteiger partial charge in [0.1, 0.15) is 0 Å². The molecule has 32 heavy (non-hydrogen) atoms. The topological polar surface area (TPSA) is 88.9 Å². The summed E-state index contributed by atoms with van der Waals surface area (Å²) < 4.78 is 39.7. The van der Waals surface area contributed by atoms with Crippen LogP contribution in [-0.4, -0.2) is 39.7 Å². The minimum Gasteiger partial charge on any atom is -0.350 e. The molecule has 2 aromatic heterocycles. The van der Waals surface area contributed by atoms with Crippen LogP contribution >= 0.6 is 0 Å². The second-order valence-electron chi connectivity index (χ2n) is 7.29. The van der Waals surface area contributed by atoms with Gasteiger partial charge >= 0.3 is 6.18 Å². The van der Waals surface area contributed by atoms with Crippen molar-refractivity contribution in [2.45, 2.75) is 25.9 Å². The van der Waals surface area contributed by atoms with Crippen LogP contribution in [0.15, 0.2) is 54.9 Å². The van der Waals surface area contributed by atoms with Crippen molar-refractivity contribution < 1.29 is 22.8 Å². The van der Waals surface area contributed by atoms with Gasteiger partial charge in [0.2, 0.25) is 0 Å². The van der Waals surface area contributed by atoms with Crippen molar-refractivity contribution in [1.82, 2.24) is 25.4 Å². The van der Waals surface area contributed by atoms with Crippen LogP contribution in [0.2, 0.25) is 0 Å². The molecular weight excluding hydrogens is 423 g/mol. The second kappa shape index (κ2) is 9.63. The Labute approximate surface area is 182 Å². The fourth-order valence-corrected chi connectivity index (χ4v) is 3.09. The SMILES string of the molecule is CC(C)c1c(C(=O)NCCNC(=O)c2ccccc2)cnn1-c1ccc(C(F)(F)F)cn1. The molecule has 0 saturated carbocycles. The van der Waals surface area contributed by atoms with E-state index in [1.165, 1.54) is 16.9 Å². The highest BCUT2D eigenvalue weighted by Gasteiger charge is 2.31. The number of benzene rings is 1. The molecule has 0 spiro atoms. The van der Waals surface area contributed by atoms with E-state index in [-0.39, 0.29) is 36.3 Å². The number of carbonyl (C=O) groups excluding carboxylic acids is 2. The van der Waals surface area contributed by atoms with E-state index in [0.29, 0.717) is 11.3 Å². The van der Waals surface area contributed by atoms with Crippen LogP contribution in [0.3, 0.4) is 0 Å². The quantitative estimate of drug-likeness (QED) is 0.544. The Bertz CT molecular complexity index is 1080. The molecule has 2 amide bonds. The van der Waals surface area contributed by atoms with Crippen molar-refractivity contribution in [2.75, 3.05) is 13.1 Å². The fraction of sp³-hybridized carbons (Fsp3) is 0.273. The van der Waals surface area contributed by atoms with E-state index in [9.17, 15) is 22.8 Å². The summed E-state index contributed by atoms with van der Waals surface area (Å²) in [7, 11) is 0. The molecule has 0 bridgehead atoms. The van der Waals surface area contributed by atoms with Crippen LogP contribution in [0.1, 0.15) is 51.7 Å². The van der Waals surface area contributed by atoms with Crippen molar-refractivity contribution in [3.05, 3.63) is 77.2 Å². The number of alkyl halides is 3. The van der Waals surface area contributed by atoms with E-state index < -0.39 is 17.6 Å². The largest absolute Gasteiger partial charge is 0.417 e. The molecule has 2 N–H and O–H groups in total. The van der Waals surface area contributed by atoms with E-state index in [1.807, 2.05) is 19.9 Å². The van der Waals surface area contributed by atoms with Crippen LogP contribution in [0.25, 0.3) is 5.82 Å². The number of nitrogens with zero attached hydrogens (tertiary/aromatic N) is 3. The second-order valence-corrected chi connectivity index (χ2v) is 7.29. The third-order valence-electron chi connectivity index (χ3n) is 4.62. The summed E-state index contributed by atoms with van der Waals surface area (Å²) in [6.45, 7) is 4.10. The highest BCUT2D eigenvalue weighted by atomic mass is 19.4. The van der Waals surface area contributed by atoms with Gasteiger partial charge in [0.15, 0.2) is 5.82 Å². The first-order valence-corrected chi connectivity index (χ1v) is 9.91. The monoisotopic (exact) mass is 445 g/mol. The third-order valence-corrected chi connectivity index (χ3v) is 4.62. The summed E-state index contributed by atoms with van der Waals surface area (Å²) in [6, 6.07) is 10.8.